The number of aromatic carboxylic acids is 1. The van der Waals surface area contributed by atoms with Gasteiger partial charge in [-0.3, -0.25) is 4.79 Å². The molecule has 2 aliphatic carbocycles. The molecule has 0 spiro atoms. The number of nitrogens with two attached hydrogens (primary N) is 1. The molecule has 2 aliphatic rings. The van der Waals surface area contributed by atoms with Gasteiger partial charge in [0.25, 0.3) is 0 Å². The molecule has 0 atom stereocenters. The van der Waals surface area contributed by atoms with Gasteiger partial charge in [-0.1, -0.05) is 0 Å². The number of aromatic nitrogens is 4. The predicted molar refractivity (Wildman–Crippen MR) is 213 cm³/mol. The summed E-state index contributed by atoms with van der Waals surface area (Å²) in [5.74, 6) is -0.486. The second-order valence-corrected chi connectivity index (χ2v) is 14.5. The Morgan fingerprint density at radius 3 is 1.42 bits per heavy atom. The lowest BCUT2D eigenvalue weighted by molar-refractivity contribution is -0.138. The van der Waals surface area contributed by atoms with Crippen LogP contribution in [0.1, 0.15) is 63.9 Å². The summed E-state index contributed by atoms with van der Waals surface area (Å²) in [5, 5.41) is 15.4. The number of benzene rings is 4. The van der Waals surface area contributed by atoms with Crippen LogP contribution in [0, 0.1) is 5.92 Å². The molecule has 0 unspecified atom stereocenters. The van der Waals surface area contributed by atoms with Crippen LogP contribution in [0.5, 0.6) is 0 Å². The zero-order valence-corrected chi connectivity index (χ0v) is 32.0. The smallest absolute Gasteiger partial charge is 0.416 e. The molecule has 16 heteroatoms. The van der Waals surface area contributed by atoms with Crippen LogP contribution in [-0.4, -0.2) is 42.0 Å². The average Bonchev–Trinajstić information content (AvgIpc) is 4.09. The van der Waals surface area contributed by atoms with E-state index in [2.05, 4.69) is 20.6 Å². The van der Waals surface area contributed by atoms with Crippen LogP contribution in [0.2, 0.25) is 0 Å². The maximum Gasteiger partial charge on any atom is 0.416 e. The Morgan fingerprint density at radius 1 is 0.678 bits per heavy atom. The molecule has 59 heavy (non-hydrogen) atoms. The van der Waals surface area contributed by atoms with Crippen LogP contribution >= 0.6 is 0 Å². The summed E-state index contributed by atoms with van der Waals surface area (Å²) in [5.41, 5.74) is 9.15. The summed E-state index contributed by atoms with van der Waals surface area (Å²) in [7, 11) is 3.63. The van der Waals surface area contributed by atoms with Crippen LogP contribution in [0.15, 0.2) is 110 Å². The van der Waals surface area contributed by atoms with Crippen LogP contribution in [0.4, 0.5) is 49.1 Å². The summed E-state index contributed by atoms with van der Waals surface area (Å²) in [6.07, 6.45) is 3.30. The number of halogens is 6. The first-order valence-electron chi connectivity index (χ1n) is 18.6. The Hall–Kier alpha value is -6.42. The van der Waals surface area contributed by atoms with Crippen molar-refractivity contribution in [2.75, 3.05) is 10.6 Å². The average molecular weight is 818 g/mol. The Morgan fingerprint density at radius 2 is 1.08 bits per heavy atom. The third kappa shape index (κ3) is 11.8. The van der Waals surface area contributed by atoms with Crippen LogP contribution in [0.25, 0.3) is 22.5 Å². The van der Waals surface area contributed by atoms with Crippen LogP contribution in [-0.2, 0) is 26.4 Å². The highest BCUT2D eigenvalue weighted by Crippen LogP contribution is 2.37. The summed E-state index contributed by atoms with van der Waals surface area (Å²) >= 11 is 0. The van der Waals surface area contributed by atoms with Gasteiger partial charge in [0.15, 0.2) is 5.78 Å². The normalized spacial score (nSPS) is 13.7. The molecule has 0 saturated heterocycles. The van der Waals surface area contributed by atoms with Gasteiger partial charge in [0.2, 0.25) is 0 Å². The molecule has 6 aromatic rings. The molecule has 8 rings (SSSR count). The van der Waals surface area contributed by atoms with E-state index in [1.54, 1.807) is 59.3 Å². The van der Waals surface area contributed by atoms with E-state index in [0.717, 1.165) is 42.7 Å². The van der Waals surface area contributed by atoms with E-state index >= 15 is 0 Å². The maximum atomic E-state index is 12.8. The third-order valence-corrected chi connectivity index (χ3v) is 9.35. The van der Waals surface area contributed by atoms with E-state index < -0.39 is 29.4 Å². The summed E-state index contributed by atoms with van der Waals surface area (Å²) in [6.45, 7) is 0. The number of aryl methyl sites for hydroxylation is 2. The number of hydrogen-bond donors (Lipinski definition) is 4. The van der Waals surface area contributed by atoms with E-state index in [9.17, 15) is 41.0 Å². The van der Waals surface area contributed by atoms with E-state index in [4.69, 9.17) is 5.73 Å². The number of carbonyl (C=O) groups excluding carboxylic acids is 1. The molecular formula is C43H41F6N7O3. The first kappa shape index (κ1) is 42.2. The number of carboxylic acid groups (broad SMARTS) is 1. The van der Waals surface area contributed by atoms with Gasteiger partial charge in [-0.2, -0.15) is 26.3 Å². The number of nitrogens with zero attached hydrogens (tertiary/aromatic N) is 4. The SMILES string of the molecule is Cn1cnc(-c2cc(C(=O)CC3CC3)ccc2Nc2ccc(C(F)(F)F)cc2)c1.Cn1cnc(-c2cc(C(=O)O)ccc2Nc2ccc(C(F)(F)F)cc2)c1.NC1CC1. The second kappa shape index (κ2) is 17.6. The Labute approximate surface area is 335 Å². The van der Waals surface area contributed by atoms with Gasteiger partial charge in [0.1, 0.15) is 0 Å². The quantitative estimate of drug-likeness (QED) is 0.0791. The topological polar surface area (TPSA) is 140 Å². The number of Topliss-reactive ketones (excluding diaryl/α,β-unsaturated/α-hetero) is 1. The molecule has 0 aliphatic heterocycles. The molecule has 0 bridgehead atoms. The highest BCUT2D eigenvalue weighted by atomic mass is 19.4. The number of hydrogen-bond acceptors (Lipinski definition) is 7. The molecule has 4 aromatic carbocycles. The van der Waals surface area contributed by atoms with Crippen molar-refractivity contribution in [2.45, 2.75) is 50.5 Å². The van der Waals surface area contributed by atoms with Crippen molar-refractivity contribution in [3.05, 3.63) is 132 Å². The predicted octanol–water partition coefficient (Wildman–Crippen LogP) is 10.5. The number of carbonyl (C=O) groups is 2. The lowest BCUT2D eigenvalue weighted by Gasteiger charge is -2.14. The van der Waals surface area contributed by atoms with Gasteiger partial charge in [-0.05, 0) is 117 Å². The monoisotopic (exact) mass is 817 g/mol. The van der Waals surface area contributed by atoms with Crippen LogP contribution < -0.4 is 16.4 Å². The molecule has 5 N–H and O–H groups in total. The molecular weight excluding hydrogens is 777 g/mol. The highest BCUT2D eigenvalue weighted by Gasteiger charge is 2.31. The minimum Gasteiger partial charge on any atom is -0.478 e. The fourth-order valence-corrected chi connectivity index (χ4v) is 5.73. The van der Waals surface area contributed by atoms with Gasteiger partial charge in [0, 0.05) is 78.4 Å². The molecule has 10 nitrogen and oxygen atoms in total. The summed E-state index contributed by atoms with van der Waals surface area (Å²) in [6, 6.07) is 19.8. The van der Waals surface area contributed by atoms with Crippen molar-refractivity contribution < 1.29 is 41.0 Å². The minimum absolute atomic E-state index is 0.0867. The summed E-state index contributed by atoms with van der Waals surface area (Å²) < 4.78 is 79.9. The van der Waals surface area contributed by atoms with Gasteiger partial charge in [0.05, 0.1) is 40.7 Å². The van der Waals surface area contributed by atoms with Gasteiger partial charge in [-0.25, -0.2) is 14.8 Å². The number of ketones is 1. The van der Waals surface area contributed by atoms with Crippen molar-refractivity contribution in [1.29, 1.82) is 0 Å². The Bertz CT molecular complexity index is 2400. The molecule has 2 heterocycles. The van der Waals surface area contributed by atoms with Gasteiger partial charge >= 0.3 is 18.3 Å². The fraction of sp³-hybridized carbons (Fsp3) is 0.256. The van der Waals surface area contributed by atoms with Gasteiger partial charge in [-0.15, -0.1) is 0 Å². The number of alkyl halides is 6. The lowest BCUT2D eigenvalue weighted by Crippen LogP contribution is -2.05. The van der Waals surface area contributed by atoms with E-state index in [0.29, 0.717) is 63.6 Å². The summed E-state index contributed by atoms with van der Waals surface area (Å²) in [4.78, 5) is 32.4. The third-order valence-electron chi connectivity index (χ3n) is 9.35. The maximum absolute atomic E-state index is 12.8. The van der Waals surface area contributed by atoms with Crippen molar-refractivity contribution in [2.24, 2.45) is 25.7 Å². The first-order valence-corrected chi connectivity index (χ1v) is 18.6. The molecule has 2 fully saturated rings. The molecule has 2 saturated carbocycles. The number of carboxylic acids is 1. The Balaban J connectivity index is 0.000000182. The molecule has 2 aromatic heterocycles. The van der Waals surface area contributed by atoms with E-state index in [1.807, 2.05) is 13.2 Å². The van der Waals surface area contributed by atoms with E-state index in [-0.39, 0.29) is 11.3 Å². The second-order valence-electron chi connectivity index (χ2n) is 14.5. The van der Waals surface area contributed by atoms with Crippen LogP contribution in [0.3, 0.4) is 0 Å². The fourth-order valence-electron chi connectivity index (χ4n) is 5.73. The first-order chi connectivity index (χ1) is 27.9. The molecule has 308 valence electrons. The van der Waals surface area contributed by atoms with E-state index in [1.165, 1.54) is 49.2 Å². The number of rotatable bonds is 10. The number of imidazole rings is 2. The molecule has 0 amide bonds. The number of nitrogens with one attached hydrogen (secondary N) is 2. The van der Waals surface area contributed by atoms with Gasteiger partial charge < -0.3 is 30.6 Å². The largest absolute Gasteiger partial charge is 0.478 e. The lowest BCUT2D eigenvalue weighted by atomic mass is 10.0. The van der Waals surface area contributed by atoms with Crippen molar-refractivity contribution in [1.82, 2.24) is 19.1 Å². The van der Waals surface area contributed by atoms with Crippen molar-refractivity contribution in [3.63, 3.8) is 0 Å². The molecule has 0 radical (unpaired) electrons. The number of anilines is 4. The Kier molecular flexibility index (Phi) is 12.6. The highest BCUT2D eigenvalue weighted by molar-refractivity contribution is 5.99. The zero-order chi connectivity index (χ0) is 42.5. The zero-order valence-electron chi connectivity index (χ0n) is 32.0. The minimum atomic E-state index is -4.40. The van der Waals surface area contributed by atoms with Crippen molar-refractivity contribution >= 4 is 34.5 Å². The standard InChI is InChI=1S/C22H20F3N3O.C18H14F3N3O2.C3H7N/c1-28-12-20(26-13-28)18-11-15(21(29)10-14-2-3-14)4-9-19(18)27-17-7-5-16(6-8-17)22(23,24)25;1-24-9-16(22-10-24)14-8-11(17(25)26)2-7-15(14)23-13-5-3-12(4-6-13)18(19,20)21;4-3-1-2-3/h4-9,11-14,27H,2-3,10H2,1H3;2-10,23H,1H3,(H,25,26);3H,1-2,4H2. The van der Waals surface area contributed by atoms with Crippen molar-refractivity contribution in [3.8, 4) is 22.5 Å².